The predicted octanol–water partition coefficient (Wildman–Crippen LogP) is 4.46. The molecule has 1 aromatic heterocycles. The van der Waals surface area contributed by atoms with E-state index < -0.39 is 0 Å². The molecular formula is C16H21ClN2. The Labute approximate surface area is 120 Å². The molecule has 0 saturated heterocycles. The first-order valence-corrected chi connectivity index (χ1v) is 7.31. The Morgan fingerprint density at radius 3 is 2.68 bits per heavy atom. The van der Waals surface area contributed by atoms with Crippen LogP contribution in [0.2, 0.25) is 0 Å². The summed E-state index contributed by atoms with van der Waals surface area (Å²) < 4.78 is 0. The van der Waals surface area contributed by atoms with E-state index in [2.05, 4.69) is 56.1 Å². The van der Waals surface area contributed by atoms with E-state index >= 15 is 0 Å². The molecule has 0 fully saturated rings. The van der Waals surface area contributed by atoms with Crippen LogP contribution >= 0.6 is 11.6 Å². The highest BCUT2D eigenvalue weighted by Crippen LogP contribution is 2.26. The maximum absolute atomic E-state index is 5.95. The van der Waals surface area contributed by atoms with Crippen LogP contribution in [0.5, 0.6) is 0 Å². The molecule has 0 amide bonds. The number of hydrogen-bond donors (Lipinski definition) is 0. The lowest BCUT2D eigenvalue weighted by atomic mass is 10.1. The number of halogens is 1. The molecule has 0 unspecified atom stereocenters. The molecule has 0 saturated carbocycles. The van der Waals surface area contributed by atoms with Crippen molar-refractivity contribution in [2.75, 3.05) is 18.5 Å². The number of alkyl halides is 1. The van der Waals surface area contributed by atoms with E-state index in [1.807, 2.05) is 0 Å². The van der Waals surface area contributed by atoms with E-state index in [4.69, 9.17) is 16.6 Å². The maximum atomic E-state index is 5.95. The molecule has 2 aromatic rings. The van der Waals surface area contributed by atoms with Gasteiger partial charge in [-0.3, -0.25) is 0 Å². The minimum atomic E-state index is 0.454. The molecule has 0 aliphatic heterocycles. The van der Waals surface area contributed by atoms with Gasteiger partial charge in [0.25, 0.3) is 0 Å². The molecule has 0 N–H and O–H groups in total. The lowest BCUT2D eigenvalue weighted by molar-refractivity contribution is 0.584. The van der Waals surface area contributed by atoms with Crippen LogP contribution in [0.1, 0.15) is 26.0 Å². The smallest absolute Gasteiger partial charge is 0.136 e. The zero-order valence-corrected chi connectivity index (χ0v) is 12.6. The van der Waals surface area contributed by atoms with Crippen LogP contribution < -0.4 is 4.90 Å². The molecule has 0 bridgehead atoms. The van der Waals surface area contributed by atoms with Crippen molar-refractivity contribution in [1.29, 1.82) is 0 Å². The standard InChI is InChI=1S/C16H21ClN2/c1-12(2)8-9-19(3)16-15-7-5-4-6-13(15)10-14(11-17)18-16/h4-7,10,12H,8-9,11H2,1-3H3. The van der Waals surface area contributed by atoms with Crippen molar-refractivity contribution in [3.05, 3.63) is 36.0 Å². The molecule has 0 radical (unpaired) electrons. The summed E-state index contributed by atoms with van der Waals surface area (Å²) in [6, 6.07) is 10.4. The Hall–Kier alpha value is -1.28. The number of anilines is 1. The zero-order chi connectivity index (χ0) is 13.8. The number of aromatic nitrogens is 1. The highest BCUT2D eigenvalue weighted by molar-refractivity contribution is 6.17. The number of pyridine rings is 1. The second-order valence-electron chi connectivity index (χ2n) is 5.40. The normalized spacial score (nSPS) is 11.2. The van der Waals surface area contributed by atoms with E-state index in [1.165, 1.54) is 10.8 Å². The van der Waals surface area contributed by atoms with Gasteiger partial charge in [-0.1, -0.05) is 38.1 Å². The number of rotatable bonds is 5. The van der Waals surface area contributed by atoms with Crippen molar-refractivity contribution in [2.24, 2.45) is 5.92 Å². The Kier molecular flexibility index (Phi) is 4.65. The van der Waals surface area contributed by atoms with Crippen LogP contribution in [0.15, 0.2) is 30.3 Å². The van der Waals surface area contributed by atoms with Gasteiger partial charge in [-0.15, -0.1) is 11.6 Å². The topological polar surface area (TPSA) is 16.1 Å². The van der Waals surface area contributed by atoms with Crippen LogP contribution in [0, 0.1) is 5.92 Å². The van der Waals surface area contributed by atoms with Gasteiger partial charge in [0.05, 0.1) is 11.6 Å². The summed E-state index contributed by atoms with van der Waals surface area (Å²) in [7, 11) is 2.11. The molecular weight excluding hydrogens is 256 g/mol. The van der Waals surface area contributed by atoms with E-state index in [0.29, 0.717) is 11.8 Å². The summed E-state index contributed by atoms with van der Waals surface area (Å²) in [6.45, 7) is 5.50. The Morgan fingerprint density at radius 1 is 1.26 bits per heavy atom. The van der Waals surface area contributed by atoms with Crippen molar-refractivity contribution < 1.29 is 0 Å². The van der Waals surface area contributed by atoms with Crippen LogP contribution in [0.3, 0.4) is 0 Å². The van der Waals surface area contributed by atoms with Gasteiger partial charge >= 0.3 is 0 Å². The van der Waals surface area contributed by atoms with Gasteiger partial charge in [-0.2, -0.15) is 0 Å². The predicted molar refractivity (Wildman–Crippen MR) is 84.0 cm³/mol. The molecule has 0 atom stereocenters. The van der Waals surface area contributed by atoms with E-state index in [0.717, 1.165) is 24.5 Å². The molecule has 0 spiro atoms. The fourth-order valence-electron chi connectivity index (χ4n) is 2.15. The van der Waals surface area contributed by atoms with Crippen LogP contribution in [0.25, 0.3) is 10.8 Å². The van der Waals surface area contributed by atoms with E-state index in [-0.39, 0.29) is 0 Å². The first-order chi connectivity index (χ1) is 9.11. The molecule has 1 heterocycles. The molecule has 3 heteroatoms. The van der Waals surface area contributed by atoms with Gasteiger partial charge in [0.1, 0.15) is 5.82 Å². The third-order valence-corrected chi connectivity index (χ3v) is 3.59. The summed E-state index contributed by atoms with van der Waals surface area (Å²) in [4.78, 5) is 6.93. The quantitative estimate of drug-likeness (QED) is 0.750. The van der Waals surface area contributed by atoms with Crippen LogP contribution in [-0.2, 0) is 5.88 Å². The number of benzene rings is 1. The average Bonchev–Trinajstić information content (AvgIpc) is 2.43. The van der Waals surface area contributed by atoms with Gasteiger partial charge in [0.2, 0.25) is 0 Å². The minimum Gasteiger partial charge on any atom is -0.359 e. The first kappa shape index (κ1) is 14.1. The monoisotopic (exact) mass is 276 g/mol. The van der Waals surface area contributed by atoms with Gasteiger partial charge in [0, 0.05) is 19.0 Å². The largest absolute Gasteiger partial charge is 0.359 e. The molecule has 19 heavy (non-hydrogen) atoms. The summed E-state index contributed by atoms with van der Waals surface area (Å²) in [5.74, 6) is 2.19. The Balaban J connectivity index is 2.39. The van der Waals surface area contributed by atoms with Crippen molar-refractivity contribution in [1.82, 2.24) is 4.98 Å². The average molecular weight is 277 g/mol. The zero-order valence-electron chi connectivity index (χ0n) is 11.9. The summed E-state index contributed by atoms with van der Waals surface area (Å²) in [5.41, 5.74) is 0.937. The van der Waals surface area contributed by atoms with Crippen molar-refractivity contribution in [2.45, 2.75) is 26.1 Å². The third kappa shape index (κ3) is 3.38. The molecule has 0 aliphatic rings. The van der Waals surface area contributed by atoms with E-state index in [1.54, 1.807) is 0 Å². The fraction of sp³-hybridized carbons (Fsp3) is 0.438. The van der Waals surface area contributed by atoms with Crippen LogP contribution in [-0.4, -0.2) is 18.6 Å². The third-order valence-electron chi connectivity index (χ3n) is 3.31. The fourth-order valence-corrected chi connectivity index (χ4v) is 2.29. The molecule has 2 nitrogen and oxygen atoms in total. The lowest BCUT2D eigenvalue weighted by Gasteiger charge is -2.21. The summed E-state index contributed by atoms with van der Waals surface area (Å²) >= 11 is 5.95. The summed E-state index contributed by atoms with van der Waals surface area (Å²) in [5, 5.41) is 2.40. The molecule has 102 valence electrons. The second-order valence-corrected chi connectivity index (χ2v) is 5.66. The maximum Gasteiger partial charge on any atom is 0.136 e. The van der Waals surface area contributed by atoms with Crippen molar-refractivity contribution in [3.8, 4) is 0 Å². The highest BCUT2D eigenvalue weighted by Gasteiger charge is 2.10. The Morgan fingerprint density at radius 2 is 2.00 bits per heavy atom. The number of fused-ring (bicyclic) bond motifs is 1. The van der Waals surface area contributed by atoms with Crippen molar-refractivity contribution in [3.63, 3.8) is 0 Å². The molecule has 2 rings (SSSR count). The minimum absolute atomic E-state index is 0.454. The lowest BCUT2D eigenvalue weighted by Crippen LogP contribution is -2.21. The van der Waals surface area contributed by atoms with Gasteiger partial charge in [0.15, 0.2) is 0 Å². The number of hydrogen-bond acceptors (Lipinski definition) is 2. The SMILES string of the molecule is CC(C)CCN(C)c1nc(CCl)cc2ccccc12. The molecule has 0 aliphatic carbocycles. The van der Waals surface area contributed by atoms with Crippen LogP contribution in [0.4, 0.5) is 5.82 Å². The number of nitrogens with zero attached hydrogens (tertiary/aromatic N) is 2. The molecule has 1 aromatic carbocycles. The summed E-state index contributed by atoms with van der Waals surface area (Å²) in [6.07, 6.45) is 1.16. The van der Waals surface area contributed by atoms with E-state index in [9.17, 15) is 0 Å². The first-order valence-electron chi connectivity index (χ1n) is 6.77. The van der Waals surface area contributed by atoms with Gasteiger partial charge in [-0.25, -0.2) is 4.98 Å². The van der Waals surface area contributed by atoms with Crippen molar-refractivity contribution >= 4 is 28.2 Å². The Bertz CT molecular complexity index is 551. The van der Waals surface area contributed by atoms with Gasteiger partial charge in [-0.05, 0) is 23.8 Å². The van der Waals surface area contributed by atoms with Gasteiger partial charge < -0.3 is 4.90 Å². The second kappa shape index (κ2) is 6.25. The highest BCUT2D eigenvalue weighted by atomic mass is 35.5.